The van der Waals surface area contributed by atoms with Crippen molar-refractivity contribution in [1.82, 2.24) is 15.2 Å². The fourth-order valence-electron chi connectivity index (χ4n) is 1.68. The Morgan fingerprint density at radius 3 is 2.73 bits per heavy atom. The van der Waals surface area contributed by atoms with Gasteiger partial charge >= 0.3 is 0 Å². The summed E-state index contributed by atoms with van der Waals surface area (Å²) in [4.78, 5) is 4.35. The zero-order valence-corrected chi connectivity index (χ0v) is 14.2. The van der Waals surface area contributed by atoms with Gasteiger partial charge in [-0.1, -0.05) is 30.3 Å². The van der Waals surface area contributed by atoms with Crippen molar-refractivity contribution in [3.8, 4) is 11.3 Å². The fourth-order valence-corrected chi connectivity index (χ4v) is 2.29. The van der Waals surface area contributed by atoms with Crippen LogP contribution in [0.2, 0.25) is 0 Å². The highest BCUT2D eigenvalue weighted by atomic mass is 79.9. The lowest BCUT2D eigenvalue weighted by atomic mass is 10.2. The molecule has 22 heavy (non-hydrogen) atoms. The Hall–Kier alpha value is -2.06. The summed E-state index contributed by atoms with van der Waals surface area (Å²) in [5, 5.41) is 11.8. The maximum Gasteiger partial charge on any atom is 0.263 e. The molecule has 0 radical (unpaired) electrons. The monoisotopic (exact) mass is 421 g/mol. The molecule has 3 rings (SSSR count). The molecular weight excluding hydrogens is 414 g/mol. The number of nitrogens with one attached hydrogen (secondary N) is 1. The van der Waals surface area contributed by atoms with Gasteiger partial charge in [0, 0.05) is 11.6 Å². The van der Waals surface area contributed by atoms with E-state index in [1.165, 1.54) is 6.21 Å². The molecule has 0 atom stereocenters. The lowest BCUT2D eigenvalue weighted by Crippen LogP contribution is -1.99. The largest absolute Gasteiger partial charge is 0.447 e. The standard InChI is InChI=1S/C14H9Br2N5O/c15-11-6-10(22-13(11)16)7-17-20-14-19-12(8-18-21-14)9-4-2-1-3-5-9/h1-8H,(H,19,20,21)/b17-7-. The summed E-state index contributed by atoms with van der Waals surface area (Å²) < 4.78 is 6.80. The van der Waals surface area contributed by atoms with E-state index in [9.17, 15) is 0 Å². The summed E-state index contributed by atoms with van der Waals surface area (Å²) in [5.41, 5.74) is 4.41. The van der Waals surface area contributed by atoms with E-state index < -0.39 is 0 Å². The van der Waals surface area contributed by atoms with E-state index in [1.807, 2.05) is 30.3 Å². The number of hydrogen-bond acceptors (Lipinski definition) is 6. The van der Waals surface area contributed by atoms with Crippen LogP contribution in [0.5, 0.6) is 0 Å². The van der Waals surface area contributed by atoms with Crippen LogP contribution in [0.1, 0.15) is 5.76 Å². The molecule has 2 aromatic heterocycles. The van der Waals surface area contributed by atoms with E-state index in [-0.39, 0.29) is 0 Å². The third-order valence-electron chi connectivity index (χ3n) is 2.65. The van der Waals surface area contributed by atoms with Gasteiger partial charge in [0.25, 0.3) is 5.95 Å². The Labute approximate surface area is 142 Å². The minimum atomic E-state index is 0.308. The molecule has 0 saturated carbocycles. The summed E-state index contributed by atoms with van der Waals surface area (Å²) in [6.07, 6.45) is 3.12. The smallest absolute Gasteiger partial charge is 0.263 e. The highest BCUT2D eigenvalue weighted by Gasteiger charge is 2.04. The Kier molecular flexibility index (Phi) is 4.59. The summed E-state index contributed by atoms with van der Waals surface area (Å²) in [6.45, 7) is 0. The van der Waals surface area contributed by atoms with Crippen LogP contribution in [0.3, 0.4) is 0 Å². The minimum absolute atomic E-state index is 0.308. The van der Waals surface area contributed by atoms with Gasteiger partial charge in [-0.2, -0.15) is 10.2 Å². The Bertz CT molecular complexity index is 785. The molecule has 110 valence electrons. The highest BCUT2D eigenvalue weighted by molar-refractivity contribution is 9.13. The first-order valence-electron chi connectivity index (χ1n) is 6.21. The van der Waals surface area contributed by atoms with Crippen molar-refractivity contribution in [2.24, 2.45) is 5.10 Å². The first-order valence-corrected chi connectivity index (χ1v) is 7.80. The molecule has 0 aliphatic carbocycles. The zero-order chi connectivity index (χ0) is 15.4. The van der Waals surface area contributed by atoms with Gasteiger partial charge in [-0.25, -0.2) is 10.4 Å². The highest BCUT2D eigenvalue weighted by Crippen LogP contribution is 2.25. The van der Waals surface area contributed by atoms with Crippen LogP contribution < -0.4 is 5.43 Å². The topological polar surface area (TPSA) is 76.2 Å². The van der Waals surface area contributed by atoms with E-state index in [1.54, 1.807) is 12.3 Å². The molecule has 1 N–H and O–H groups in total. The van der Waals surface area contributed by atoms with Crippen molar-refractivity contribution in [2.45, 2.75) is 0 Å². The summed E-state index contributed by atoms with van der Waals surface area (Å²) in [7, 11) is 0. The third kappa shape index (κ3) is 3.58. The van der Waals surface area contributed by atoms with E-state index in [0.29, 0.717) is 16.4 Å². The number of hydrazone groups is 1. The van der Waals surface area contributed by atoms with Crippen LogP contribution in [0.4, 0.5) is 5.95 Å². The molecule has 0 bridgehead atoms. The van der Waals surface area contributed by atoms with Crippen LogP contribution in [-0.4, -0.2) is 21.4 Å². The van der Waals surface area contributed by atoms with Crippen LogP contribution in [-0.2, 0) is 0 Å². The van der Waals surface area contributed by atoms with Crippen molar-refractivity contribution in [3.63, 3.8) is 0 Å². The second kappa shape index (κ2) is 6.80. The number of nitrogens with zero attached hydrogens (tertiary/aromatic N) is 4. The van der Waals surface area contributed by atoms with Gasteiger partial charge in [-0.15, -0.1) is 5.10 Å². The summed E-state index contributed by atoms with van der Waals surface area (Å²) in [5.74, 6) is 0.890. The molecule has 0 aliphatic heterocycles. The molecule has 3 aromatic rings. The Balaban J connectivity index is 1.73. The first-order chi connectivity index (χ1) is 10.7. The quantitative estimate of drug-likeness (QED) is 0.505. The van der Waals surface area contributed by atoms with Crippen molar-refractivity contribution in [2.75, 3.05) is 5.43 Å². The molecule has 0 saturated heterocycles. The number of anilines is 1. The van der Waals surface area contributed by atoms with Gasteiger partial charge in [0.05, 0.1) is 22.6 Å². The van der Waals surface area contributed by atoms with Gasteiger partial charge in [0.15, 0.2) is 4.67 Å². The number of rotatable bonds is 4. The van der Waals surface area contributed by atoms with Gasteiger partial charge in [-0.3, -0.25) is 0 Å². The van der Waals surface area contributed by atoms with Gasteiger partial charge < -0.3 is 4.42 Å². The Morgan fingerprint density at radius 2 is 2.00 bits per heavy atom. The predicted octanol–water partition coefficient (Wildman–Crippen LogP) is 4.10. The van der Waals surface area contributed by atoms with Gasteiger partial charge in [0.2, 0.25) is 0 Å². The van der Waals surface area contributed by atoms with Crippen LogP contribution >= 0.6 is 31.9 Å². The van der Waals surface area contributed by atoms with Crippen molar-refractivity contribution >= 4 is 44.0 Å². The average molecular weight is 423 g/mol. The fraction of sp³-hybridized carbons (Fsp3) is 0. The van der Waals surface area contributed by atoms with Crippen LogP contribution in [0.15, 0.2) is 61.3 Å². The van der Waals surface area contributed by atoms with Gasteiger partial charge in [-0.05, 0) is 31.9 Å². The average Bonchev–Trinajstić information content (AvgIpc) is 2.87. The zero-order valence-electron chi connectivity index (χ0n) is 11.1. The lowest BCUT2D eigenvalue weighted by molar-refractivity contribution is 0.533. The SMILES string of the molecule is Brc1cc(/C=N\Nc2nncc(-c3ccccc3)n2)oc1Br. The molecule has 2 heterocycles. The summed E-state index contributed by atoms with van der Waals surface area (Å²) >= 11 is 6.59. The lowest BCUT2D eigenvalue weighted by Gasteiger charge is -2.01. The maximum absolute atomic E-state index is 5.37. The summed E-state index contributed by atoms with van der Waals surface area (Å²) in [6, 6.07) is 11.5. The van der Waals surface area contributed by atoms with Crippen molar-refractivity contribution in [1.29, 1.82) is 0 Å². The molecule has 6 nitrogen and oxygen atoms in total. The third-order valence-corrected chi connectivity index (χ3v) is 4.36. The maximum atomic E-state index is 5.37. The molecule has 8 heteroatoms. The number of hydrogen-bond donors (Lipinski definition) is 1. The van der Waals surface area contributed by atoms with Crippen LogP contribution in [0, 0.1) is 0 Å². The number of aromatic nitrogens is 3. The molecule has 0 aliphatic rings. The van der Waals surface area contributed by atoms with E-state index in [0.717, 1.165) is 15.7 Å². The number of benzene rings is 1. The second-order valence-electron chi connectivity index (χ2n) is 4.17. The van der Waals surface area contributed by atoms with E-state index >= 15 is 0 Å². The van der Waals surface area contributed by atoms with Crippen LogP contribution in [0.25, 0.3) is 11.3 Å². The molecular formula is C14H9Br2N5O. The normalized spacial score (nSPS) is 11.0. The van der Waals surface area contributed by atoms with E-state index in [4.69, 9.17) is 4.42 Å². The van der Waals surface area contributed by atoms with Crippen molar-refractivity contribution in [3.05, 3.63) is 57.5 Å². The van der Waals surface area contributed by atoms with Gasteiger partial charge in [0.1, 0.15) is 5.76 Å². The molecule has 1 aromatic carbocycles. The molecule has 0 spiro atoms. The minimum Gasteiger partial charge on any atom is -0.447 e. The first kappa shape index (κ1) is 14.9. The molecule has 0 unspecified atom stereocenters. The number of furan rings is 1. The van der Waals surface area contributed by atoms with Crippen molar-refractivity contribution < 1.29 is 4.42 Å². The second-order valence-corrected chi connectivity index (χ2v) is 5.75. The Morgan fingerprint density at radius 1 is 1.18 bits per heavy atom. The molecule has 0 fully saturated rings. The molecule has 0 amide bonds. The predicted molar refractivity (Wildman–Crippen MR) is 90.6 cm³/mol. The van der Waals surface area contributed by atoms with E-state index in [2.05, 4.69) is 57.6 Å². The number of halogens is 2.